The fourth-order valence-corrected chi connectivity index (χ4v) is 1.93. The Labute approximate surface area is 121 Å². The van der Waals surface area contributed by atoms with Crippen LogP contribution in [0.15, 0.2) is 24.3 Å². The summed E-state index contributed by atoms with van der Waals surface area (Å²) >= 11 is 0. The van der Waals surface area contributed by atoms with Gasteiger partial charge in [-0.25, -0.2) is 4.39 Å². The van der Waals surface area contributed by atoms with E-state index in [0.29, 0.717) is 25.4 Å². The van der Waals surface area contributed by atoms with E-state index in [4.69, 9.17) is 9.47 Å². The number of hydrogen-bond acceptors (Lipinski definition) is 3. The van der Waals surface area contributed by atoms with Gasteiger partial charge in [-0.05, 0) is 19.0 Å². The second-order valence-corrected chi connectivity index (χ2v) is 4.67. The van der Waals surface area contributed by atoms with Crippen molar-refractivity contribution < 1.29 is 13.9 Å². The molecule has 0 aliphatic rings. The second-order valence-electron chi connectivity index (χ2n) is 4.67. The fourth-order valence-electron chi connectivity index (χ4n) is 1.93. The average Bonchev–Trinajstić information content (AvgIpc) is 2.46. The number of nitrogens with one attached hydrogen (secondary N) is 1. The number of ether oxygens (including phenoxy) is 2. The number of rotatable bonds is 11. The van der Waals surface area contributed by atoms with Crippen molar-refractivity contribution in [2.24, 2.45) is 0 Å². The van der Waals surface area contributed by atoms with Gasteiger partial charge in [-0.1, -0.05) is 38.5 Å². The molecule has 0 saturated carbocycles. The molecule has 0 saturated heterocycles. The van der Waals surface area contributed by atoms with Gasteiger partial charge in [-0.3, -0.25) is 0 Å². The minimum atomic E-state index is -0.193. The van der Waals surface area contributed by atoms with Crippen LogP contribution in [0.4, 0.5) is 4.39 Å². The monoisotopic (exact) mass is 283 g/mol. The maximum Gasteiger partial charge on any atom is 0.128 e. The van der Waals surface area contributed by atoms with Crippen molar-refractivity contribution in [1.82, 2.24) is 5.32 Å². The van der Waals surface area contributed by atoms with Crippen LogP contribution in [0.3, 0.4) is 0 Å². The van der Waals surface area contributed by atoms with E-state index in [-0.39, 0.29) is 11.9 Å². The number of benzene rings is 1. The van der Waals surface area contributed by atoms with E-state index < -0.39 is 0 Å². The summed E-state index contributed by atoms with van der Waals surface area (Å²) < 4.78 is 24.8. The normalized spacial score (nSPS) is 12.6. The van der Waals surface area contributed by atoms with E-state index >= 15 is 0 Å². The van der Waals surface area contributed by atoms with Gasteiger partial charge in [0.05, 0.1) is 25.9 Å². The van der Waals surface area contributed by atoms with Crippen LogP contribution in [0, 0.1) is 5.82 Å². The highest BCUT2D eigenvalue weighted by Crippen LogP contribution is 2.17. The van der Waals surface area contributed by atoms with Gasteiger partial charge >= 0.3 is 0 Å². The summed E-state index contributed by atoms with van der Waals surface area (Å²) in [5, 5.41) is 3.25. The Hall–Kier alpha value is -0.970. The van der Waals surface area contributed by atoms with E-state index in [1.807, 2.05) is 13.0 Å². The topological polar surface area (TPSA) is 30.5 Å². The highest BCUT2D eigenvalue weighted by atomic mass is 19.1. The van der Waals surface area contributed by atoms with Gasteiger partial charge in [0.25, 0.3) is 0 Å². The Kier molecular flexibility index (Phi) is 9.20. The molecule has 0 bridgehead atoms. The van der Waals surface area contributed by atoms with Crippen LogP contribution in [-0.2, 0) is 9.47 Å². The van der Waals surface area contributed by atoms with Crippen molar-refractivity contribution in [2.45, 2.75) is 32.7 Å². The summed E-state index contributed by atoms with van der Waals surface area (Å²) in [4.78, 5) is 0. The molecule has 0 spiro atoms. The third kappa shape index (κ3) is 6.46. The van der Waals surface area contributed by atoms with E-state index in [1.54, 1.807) is 12.1 Å². The summed E-state index contributed by atoms with van der Waals surface area (Å²) in [5.74, 6) is -0.193. The molecule has 1 aromatic carbocycles. The van der Waals surface area contributed by atoms with Crippen molar-refractivity contribution in [3.8, 4) is 0 Å². The van der Waals surface area contributed by atoms with Crippen molar-refractivity contribution in [2.75, 3.05) is 33.0 Å². The van der Waals surface area contributed by atoms with Crippen LogP contribution in [0.25, 0.3) is 0 Å². The molecule has 0 heterocycles. The zero-order valence-electron chi connectivity index (χ0n) is 12.5. The van der Waals surface area contributed by atoms with Gasteiger partial charge in [-0.15, -0.1) is 0 Å². The summed E-state index contributed by atoms with van der Waals surface area (Å²) in [5.41, 5.74) is 0.654. The highest BCUT2D eigenvalue weighted by molar-refractivity contribution is 5.21. The lowest BCUT2D eigenvalue weighted by atomic mass is 10.1. The van der Waals surface area contributed by atoms with Crippen LogP contribution in [-0.4, -0.2) is 33.0 Å². The first-order valence-electron chi connectivity index (χ1n) is 7.42. The molecule has 20 heavy (non-hydrogen) atoms. The zero-order chi connectivity index (χ0) is 14.6. The van der Waals surface area contributed by atoms with E-state index in [1.165, 1.54) is 6.07 Å². The van der Waals surface area contributed by atoms with Gasteiger partial charge in [-0.2, -0.15) is 0 Å². The largest absolute Gasteiger partial charge is 0.379 e. The van der Waals surface area contributed by atoms with Gasteiger partial charge in [0, 0.05) is 12.2 Å². The Morgan fingerprint density at radius 1 is 1.10 bits per heavy atom. The molecule has 1 aromatic rings. The maximum absolute atomic E-state index is 13.8. The first-order valence-corrected chi connectivity index (χ1v) is 7.42. The minimum Gasteiger partial charge on any atom is -0.379 e. The smallest absolute Gasteiger partial charge is 0.128 e. The lowest BCUT2D eigenvalue weighted by molar-refractivity contribution is 0.0379. The standard InChI is InChI=1S/C16H26FNO2/c1-3-5-10-19-11-12-20-13-16(18-4-2)14-8-6-7-9-15(14)17/h6-9,16,18H,3-5,10-13H2,1-2H3. The molecule has 3 nitrogen and oxygen atoms in total. The van der Waals surface area contributed by atoms with Crippen LogP contribution in [0.1, 0.15) is 38.3 Å². The molecule has 1 N–H and O–H groups in total. The molecule has 1 unspecified atom stereocenters. The summed E-state index contributed by atoms with van der Waals surface area (Å²) in [6.07, 6.45) is 2.21. The van der Waals surface area contributed by atoms with Gasteiger partial charge in [0.2, 0.25) is 0 Å². The summed E-state index contributed by atoms with van der Waals surface area (Å²) in [6.45, 7) is 7.28. The summed E-state index contributed by atoms with van der Waals surface area (Å²) in [7, 11) is 0. The quantitative estimate of drug-likeness (QED) is 0.632. The Bertz CT molecular complexity index is 360. The molecule has 0 radical (unpaired) electrons. The SMILES string of the molecule is CCCCOCCOCC(NCC)c1ccccc1F. The highest BCUT2D eigenvalue weighted by Gasteiger charge is 2.14. The molecule has 1 atom stereocenters. The molecule has 4 heteroatoms. The van der Waals surface area contributed by atoms with Crippen LogP contribution in [0.5, 0.6) is 0 Å². The fraction of sp³-hybridized carbons (Fsp3) is 0.625. The zero-order valence-corrected chi connectivity index (χ0v) is 12.5. The Morgan fingerprint density at radius 2 is 1.85 bits per heavy atom. The Morgan fingerprint density at radius 3 is 2.55 bits per heavy atom. The lowest BCUT2D eigenvalue weighted by Gasteiger charge is -2.19. The average molecular weight is 283 g/mol. The van der Waals surface area contributed by atoms with E-state index in [0.717, 1.165) is 26.0 Å². The van der Waals surface area contributed by atoms with Crippen molar-refractivity contribution >= 4 is 0 Å². The third-order valence-electron chi connectivity index (χ3n) is 3.03. The first kappa shape index (κ1) is 17.1. The molecule has 0 aliphatic heterocycles. The number of hydrogen-bond donors (Lipinski definition) is 1. The number of unbranched alkanes of at least 4 members (excludes halogenated alkanes) is 1. The van der Waals surface area contributed by atoms with Crippen LogP contribution < -0.4 is 5.32 Å². The number of likely N-dealkylation sites (N-methyl/N-ethyl adjacent to an activating group) is 1. The molecule has 0 aliphatic carbocycles. The summed E-state index contributed by atoms with van der Waals surface area (Å²) in [6, 6.07) is 6.70. The van der Waals surface area contributed by atoms with Gasteiger partial charge in [0.1, 0.15) is 5.82 Å². The predicted molar refractivity (Wildman–Crippen MR) is 79.4 cm³/mol. The maximum atomic E-state index is 13.8. The van der Waals surface area contributed by atoms with Crippen molar-refractivity contribution in [3.63, 3.8) is 0 Å². The molecular weight excluding hydrogens is 257 g/mol. The van der Waals surface area contributed by atoms with Crippen molar-refractivity contribution in [3.05, 3.63) is 35.6 Å². The molecule has 1 rings (SSSR count). The molecule has 0 amide bonds. The minimum absolute atomic E-state index is 0.114. The van der Waals surface area contributed by atoms with Crippen molar-refractivity contribution in [1.29, 1.82) is 0 Å². The van der Waals surface area contributed by atoms with E-state index in [9.17, 15) is 4.39 Å². The molecule has 0 aromatic heterocycles. The van der Waals surface area contributed by atoms with E-state index in [2.05, 4.69) is 12.2 Å². The van der Waals surface area contributed by atoms with Crippen LogP contribution in [0.2, 0.25) is 0 Å². The predicted octanol–water partition coefficient (Wildman–Crippen LogP) is 3.31. The first-order chi connectivity index (χ1) is 9.79. The molecule has 114 valence electrons. The third-order valence-corrected chi connectivity index (χ3v) is 3.03. The molecular formula is C16H26FNO2. The Balaban J connectivity index is 2.31. The van der Waals surface area contributed by atoms with Gasteiger partial charge < -0.3 is 14.8 Å². The number of halogens is 1. The van der Waals surface area contributed by atoms with Gasteiger partial charge in [0.15, 0.2) is 0 Å². The lowest BCUT2D eigenvalue weighted by Crippen LogP contribution is -2.27. The molecule has 0 fully saturated rings. The van der Waals surface area contributed by atoms with Crippen LogP contribution >= 0.6 is 0 Å². The second kappa shape index (κ2) is 10.8.